The molecule has 0 bridgehead atoms. The molecule has 0 aliphatic carbocycles. The van der Waals surface area contributed by atoms with Crippen LogP contribution in [0.4, 0.5) is 5.82 Å². The monoisotopic (exact) mass is 450 g/mol. The maximum absolute atomic E-state index is 12.8. The number of rotatable bonds is 17. The third kappa shape index (κ3) is 11.6. The molecule has 0 aromatic carbocycles. The van der Waals surface area contributed by atoms with E-state index >= 15 is 0 Å². The van der Waals surface area contributed by atoms with Crippen LogP contribution in [0.5, 0.6) is 0 Å². The van der Waals surface area contributed by atoms with E-state index in [4.69, 9.17) is 9.26 Å². The zero-order valence-electron chi connectivity index (χ0n) is 19.9. The van der Waals surface area contributed by atoms with Crippen LogP contribution < -0.4 is 5.32 Å². The lowest BCUT2D eigenvalue weighted by molar-refractivity contribution is -0.135. The average Bonchev–Trinajstić information content (AvgIpc) is 3.30. The van der Waals surface area contributed by atoms with Crippen molar-refractivity contribution in [3.05, 3.63) is 12.3 Å². The predicted molar refractivity (Wildman–Crippen MR) is 125 cm³/mol. The van der Waals surface area contributed by atoms with Gasteiger partial charge < -0.3 is 19.5 Å². The van der Waals surface area contributed by atoms with Gasteiger partial charge in [-0.1, -0.05) is 63.4 Å². The fourth-order valence-electron chi connectivity index (χ4n) is 3.98. The van der Waals surface area contributed by atoms with E-state index in [0.717, 1.165) is 52.1 Å². The van der Waals surface area contributed by atoms with Crippen molar-refractivity contribution in [2.75, 3.05) is 51.3 Å². The molecule has 0 spiro atoms. The van der Waals surface area contributed by atoms with Crippen LogP contribution in [-0.2, 0) is 14.3 Å². The van der Waals surface area contributed by atoms with Gasteiger partial charge in [-0.15, -0.1) is 0 Å². The molecule has 1 N–H and O–H groups in total. The summed E-state index contributed by atoms with van der Waals surface area (Å²) in [5, 5.41) is 6.39. The molecule has 1 aliphatic heterocycles. The summed E-state index contributed by atoms with van der Waals surface area (Å²) in [5.41, 5.74) is 0. The summed E-state index contributed by atoms with van der Waals surface area (Å²) in [4.78, 5) is 29.3. The van der Waals surface area contributed by atoms with E-state index < -0.39 is 0 Å². The topological polar surface area (TPSA) is 87.9 Å². The molecule has 1 aromatic rings. The van der Waals surface area contributed by atoms with Crippen molar-refractivity contribution in [3.8, 4) is 0 Å². The van der Waals surface area contributed by atoms with Crippen molar-refractivity contribution in [1.29, 1.82) is 0 Å². The van der Waals surface area contributed by atoms with Crippen molar-refractivity contribution in [2.45, 2.75) is 77.6 Å². The quantitative estimate of drug-likeness (QED) is 0.360. The van der Waals surface area contributed by atoms with Crippen LogP contribution in [0, 0.1) is 0 Å². The number of unbranched alkanes of at least 4 members (excludes halogenated alkanes) is 8. The number of amides is 2. The van der Waals surface area contributed by atoms with Gasteiger partial charge in [0.15, 0.2) is 5.82 Å². The molecule has 0 atom stereocenters. The smallest absolute Gasteiger partial charge is 0.245 e. The van der Waals surface area contributed by atoms with Crippen LogP contribution in [0.3, 0.4) is 0 Å². The van der Waals surface area contributed by atoms with E-state index in [9.17, 15) is 9.59 Å². The Labute approximate surface area is 193 Å². The van der Waals surface area contributed by atoms with E-state index in [-0.39, 0.29) is 18.4 Å². The second kappa shape index (κ2) is 16.7. The minimum Gasteiger partial charge on any atom is -0.379 e. The zero-order chi connectivity index (χ0) is 22.9. The van der Waals surface area contributed by atoms with Crippen molar-refractivity contribution >= 4 is 17.6 Å². The molecule has 1 aliphatic rings. The molecule has 1 saturated heterocycles. The van der Waals surface area contributed by atoms with Gasteiger partial charge in [-0.25, -0.2) is 0 Å². The molecule has 32 heavy (non-hydrogen) atoms. The summed E-state index contributed by atoms with van der Waals surface area (Å²) in [5.74, 6) is 0.186. The Hall–Kier alpha value is -1.93. The van der Waals surface area contributed by atoms with Crippen molar-refractivity contribution < 1.29 is 18.8 Å². The molecule has 2 heterocycles. The number of carbonyl (C=O) groups excluding carboxylic acids is 2. The molecule has 1 fully saturated rings. The van der Waals surface area contributed by atoms with Gasteiger partial charge in [0.1, 0.15) is 6.26 Å². The number of aromatic nitrogens is 1. The summed E-state index contributed by atoms with van der Waals surface area (Å²) < 4.78 is 10.1. The number of nitrogens with one attached hydrogen (secondary N) is 1. The van der Waals surface area contributed by atoms with Crippen molar-refractivity contribution in [2.24, 2.45) is 0 Å². The molecule has 2 amide bonds. The lowest BCUT2D eigenvalue weighted by Crippen LogP contribution is -2.41. The Bertz CT molecular complexity index is 618. The largest absolute Gasteiger partial charge is 0.379 e. The van der Waals surface area contributed by atoms with Crippen molar-refractivity contribution in [3.63, 3.8) is 0 Å². The van der Waals surface area contributed by atoms with Gasteiger partial charge in [0.2, 0.25) is 11.8 Å². The number of carbonyl (C=O) groups is 2. The number of hydrogen-bond acceptors (Lipinski definition) is 6. The van der Waals surface area contributed by atoms with E-state index in [2.05, 4.69) is 22.3 Å². The second-order valence-electron chi connectivity index (χ2n) is 8.63. The highest BCUT2D eigenvalue weighted by molar-refractivity contribution is 5.93. The van der Waals surface area contributed by atoms with Gasteiger partial charge in [0.25, 0.3) is 0 Å². The Kier molecular flexibility index (Phi) is 13.7. The summed E-state index contributed by atoms with van der Waals surface area (Å²) in [6.45, 7) is 7.17. The van der Waals surface area contributed by atoms with E-state index in [0.29, 0.717) is 18.8 Å². The zero-order valence-corrected chi connectivity index (χ0v) is 19.9. The highest BCUT2D eigenvalue weighted by atomic mass is 16.5. The van der Waals surface area contributed by atoms with E-state index in [1.54, 1.807) is 11.0 Å². The molecule has 1 aromatic heterocycles. The average molecular weight is 451 g/mol. The predicted octanol–water partition coefficient (Wildman–Crippen LogP) is 4.08. The van der Waals surface area contributed by atoms with Crippen LogP contribution in [0.25, 0.3) is 0 Å². The summed E-state index contributed by atoms with van der Waals surface area (Å²) >= 11 is 0. The first-order chi connectivity index (χ1) is 15.7. The van der Waals surface area contributed by atoms with Gasteiger partial charge in [-0.05, 0) is 12.8 Å². The summed E-state index contributed by atoms with van der Waals surface area (Å²) in [6, 6.07) is 1.59. The van der Waals surface area contributed by atoms with Crippen LogP contribution in [-0.4, -0.2) is 72.7 Å². The highest BCUT2D eigenvalue weighted by Gasteiger charge is 2.18. The highest BCUT2D eigenvalue weighted by Crippen LogP contribution is 2.12. The second-order valence-corrected chi connectivity index (χ2v) is 8.63. The number of morpholine rings is 1. The van der Waals surface area contributed by atoms with Gasteiger partial charge in [-0.3, -0.25) is 14.5 Å². The normalized spacial score (nSPS) is 14.4. The number of nitrogens with zero attached hydrogens (tertiary/aromatic N) is 3. The van der Waals surface area contributed by atoms with Gasteiger partial charge in [0.05, 0.1) is 19.8 Å². The minimum atomic E-state index is -0.245. The molecular weight excluding hydrogens is 408 g/mol. The third-order valence-electron chi connectivity index (χ3n) is 5.89. The first-order valence-corrected chi connectivity index (χ1v) is 12.5. The molecule has 0 saturated carbocycles. The van der Waals surface area contributed by atoms with Crippen molar-refractivity contribution in [1.82, 2.24) is 15.0 Å². The number of hydrogen-bond donors (Lipinski definition) is 1. The lowest BCUT2D eigenvalue weighted by atomic mass is 10.1. The first kappa shape index (κ1) is 26.3. The fourth-order valence-corrected chi connectivity index (χ4v) is 3.98. The van der Waals surface area contributed by atoms with E-state index in [1.165, 1.54) is 51.2 Å². The summed E-state index contributed by atoms with van der Waals surface area (Å²) in [7, 11) is 0. The molecule has 8 heteroatoms. The molecule has 182 valence electrons. The van der Waals surface area contributed by atoms with Crippen LogP contribution in [0.2, 0.25) is 0 Å². The Balaban J connectivity index is 1.69. The molecular formula is C24H42N4O4. The number of ether oxygens (including phenoxy) is 1. The van der Waals surface area contributed by atoms with Gasteiger partial charge >= 0.3 is 0 Å². The van der Waals surface area contributed by atoms with Gasteiger partial charge in [-0.2, -0.15) is 0 Å². The van der Waals surface area contributed by atoms with Crippen LogP contribution >= 0.6 is 0 Å². The maximum Gasteiger partial charge on any atom is 0.245 e. The lowest BCUT2D eigenvalue weighted by Gasteiger charge is -2.28. The van der Waals surface area contributed by atoms with Gasteiger partial charge in [0, 0.05) is 38.7 Å². The fraction of sp³-hybridized carbons (Fsp3) is 0.792. The Morgan fingerprint density at radius 3 is 2.38 bits per heavy atom. The molecule has 8 nitrogen and oxygen atoms in total. The van der Waals surface area contributed by atoms with Crippen LogP contribution in [0.1, 0.15) is 77.6 Å². The Morgan fingerprint density at radius 2 is 1.72 bits per heavy atom. The standard InChI is InChI=1S/C24H42N4O4/c1-2-3-4-5-6-7-8-9-10-12-24(30)28(15-11-14-27-16-19-31-20-17-27)21-23(29)25-22-13-18-32-26-22/h13,18H,2-12,14-17,19-21H2,1H3,(H,25,26,29). The maximum atomic E-state index is 12.8. The Morgan fingerprint density at radius 1 is 1.03 bits per heavy atom. The SMILES string of the molecule is CCCCCCCCCCCC(=O)N(CCCN1CCOCC1)CC(=O)Nc1ccon1. The minimum absolute atomic E-state index is 0.0479. The number of anilines is 1. The summed E-state index contributed by atoms with van der Waals surface area (Å²) in [6.07, 6.45) is 13.7. The molecule has 0 unspecified atom stereocenters. The van der Waals surface area contributed by atoms with E-state index in [1.807, 2.05) is 0 Å². The molecule has 2 rings (SSSR count). The first-order valence-electron chi connectivity index (χ1n) is 12.5. The molecule has 0 radical (unpaired) electrons. The van der Waals surface area contributed by atoms with Crippen LogP contribution in [0.15, 0.2) is 16.9 Å². The third-order valence-corrected chi connectivity index (χ3v) is 5.89.